The summed E-state index contributed by atoms with van der Waals surface area (Å²) in [6.45, 7) is 2.87. The Morgan fingerprint density at radius 1 is 1.26 bits per heavy atom. The number of benzene rings is 1. The van der Waals surface area contributed by atoms with Gasteiger partial charge >= 0.3 is 0 Å². The molecule has 146 valence electrons. The van der Waals surface area contributed by atoms with Gasteiger partial charge in [-0.05, 0) is 25.5 Å². The van der Waals surface area contributed by atoms with E-state index in [1.807, 2.05) is 25.9 Å². The largest absolute Gasteiger partial charge is 0.492 e. The van der Waals surface area contributed by atoms with Crippen LogP contribution >= 0.6 is 0 Å². The van der Waals surface area contributed by atoms with Crippen LogP contribution < -0.4 is 14.4 Å². The summed E-state index contributed by atoms with van der Waals surface area (Å²) in [6, 6.07) is 6.70. The fourth-order valence-corrected chi connectivity index (χ4v) is 4.49. The molecule has 0 radical (unpaired) electrons. The van der Waals surface area contributed by atoms with Gasteiger partial charge in [-0.25, -0.2) is 8.42 Å². The van der Waals surface area contributed by atoms with Crippen LogP contribution in [0.5, 0.6) is 11.6 Å². The van der Waals surface area contributed by atoms with Gasteiger partial charge in [-0.3, -0.25) is 4.98 Å². The minimum atomic E-state index is -3.65. The van der Waals surface area contributed by atoms with Gasteiger partial charge in [-0.2, -0.15) is 9.29 Å². The predicted octanol–water partition coefficient (Wildman–Crippen LogP) is 1.78. The highest BCUT2D eigenvalue weighted by molar-refractivity contribution is 7.89. The maximum atomic E-state index is 13.0. The topological polar surface area (TPSA) is 84.9 Å². The van der Waals surface area contributed by atoms with Gasteiger partial charge in [-0.15, -0.1) is 0 Å². The molecule has 0 saturated carbocycles. The third-order valence-corrected chi connectivity index (χ3v) is 6.12. The van der Waals surface area contributed by atoms with Crippen LogP contribution in [-0.2, 0) is 10.0 Å². The Balaban J connectivity index is 1.73. The van der Waals surface area contributed by atoms with Crippen LogP contribution in [0.15, 0.2) is 41.6 Å². The maximum absolute atomic E-state index is 13.0. The van der Waals surface area contributed by atoms with Crippen molar-refractivity contribution < 1.29 is 17.9 Å². The molecule has 3 rings (SSSR count). The zero-order valence-corrected chi connectivity index (χ0v) is 16.5. The fraction of sp³-hybridized carbons (Fsp3) is 0.444. The Morgan fingerprint density at radius 2 is 2.04 bits per heavy atom. The van der Waals surface area contributed by atoms with Gasteiger partial charge in [0.2, 0.25) is 15.9 Å². The Hall–Kier alpha value is -2.39. The average molecular weight is 392 g/mol. The normalized spacial score (nSPS) is 17.7. The molecule has 1 aromatic heterocycles. The number of hydrogen-bond donors (Lipinski definition) is 0. The molecule has 1 aliphatic rings. The number of rotatable bonds is 7. The summed E-state index contributed by atoms with van der Waals surface area (Å²) < 4.78 is 38.8. The van der Waals surface area contributed by atoms with Gasteiger partial charge in [0.25, 0.3) is 0 Å². The molecule has 0 N–H and O–H groups in total. The molecule has 2 aromatic rings. The fourth-order valence-electron chi connectivity index (χ4n) is 2.87. The van der Waals surface area contributed by atoms with E-state index in [0.717, 1.165) is 0 Å². The van der Waals surface area contributed by atoms with E-state index in [1.54, 1.807) is 30.5 Å². The number of ether oxygens (including phenoxy) is 2. The lowest BCUT2D eigenvalue weighted by atomic mass is 10.3. The molecule has 1 unspecified atom stereocenters. The van der Waals surface area contributed by atoms with E-state index in [0.29, 0.717) is 37.0 Å². The van der Waals surface area contributed by atoms with Crippen molar-refractivity contribution >= 4 is 15.8 Å². The quantitative estimate of drug-likeness (QED) is 0.710. The molecule has 27 heavy (non-hydrogen) atoms. The van der Waals surface area contributed by atoms with E-state index in [4.69, 9.17) is 9.47 Å². The third kappa shape index (κ3) is 4.30. The van der Waals surface area contributed by atoms with Crippen LogP contribution in [0.1, 0.15) is 13.3 Å². The molecule has 0 aliphatic carbocycles. The van der Waals surface area contributed by atoms with Gasteiger partial charge in [0.1, 0.15) is 16.7 Å². The Morgan fingerprint density at radius 3 is 2.78 bits per heavy atom. The van der Waals surface area contributed by atoms with Crippen molar-refractivity contribution in [3.63, 3.8) is 0 Å². The van der Waals surface area contributed by atoms with Crippen molar-refractivity contribution in [3.05, 3.63) is 36.7 Å². The lowest BCUT2D eigenvalue weighted by molar-refractivity contribution is 0.206. The second-order valence-electron chi connectivity index (χ2n) is 6.38. The van der Waals surface area contributed by atoms with E-state index >= 15 is 0 Å². The average Bonchev–Trinajstić information content (AvgIpc) is 3.12. The number of para-hydroxylation sites is 1. The van der Waals surface area contributed by atoms with Crippen molar-refractivity contribution in [1.82, 2.24) is 14.3 Å². The van der Waals surface area contributed by atoms with Gasteiger partial charge in [0, 0.05) is 20.6 Å². The second-order valence-corrected chi connectivity index (χ2v) is 8.29. The number of nitrogens with zero attached hydrogens (tertiary/aromatic N) is 4. The minimum absolute atomic E-state index is 0.182. The number of hydrogen-bond acceptors (Lipinski definition) is 7. The number of aromatic nitrogens is 2. The van der Waals surface area contributed by atoms with Crippen molar-refractivity contribution in [2.75, 3.05) is 38.7 Å². The van der Waals surface area contributed by atoms with Crippen LogP contribution in [-0.4, -0.2) is 62.6 Å². The molecule has 1 aliphatic heterocycles. The highest BCUT2D eigenvalue weighted by Crippen LogP contribution is 2.29. The first-order valence-corrected chi connectivity index (χ1v) is 10.2. The molecule has 1 saturated heterocycles. The second kappa shape index (κ2) is 8.10. The molecular weight excluding hydrogens is 368 g/mol. The van der Waals surface area contributed by atoms with Crippen molar-refractivity contribution in [1.29, 1.82) is 0 Å². The van der Waals surface area contributed by atoms with Crippen LogP contribution in [0.2, 0.25) is 0 Å². The highest BCUT2D eigenvalue weighted by Gasteiger charge is 2.35. The summed E-state index contributed by atoms with van der Waals surface area (Å²) in [7, 11) is 0.0828. The molecule has 1 fully saturated rings. The minimum Gasteiger partial charge on any atom is -0.492 e. The third-order valence-electron chi connectivity index (χ3n) is 4.22. The first-order valence-electron chi connectivity index (χ1n) is 8.80. The van der Waals surface area contributed by atoms with Crippen molar-refractivity contribution in [2.24, 2.45) is 0 Å². The zero-order chi connectivity index (χ0) is 19.4. The van der Waals surface area contributed by atoms with Gasteiger partial charge < -0.3 is 14.4 Å². The molecule has 0 amide bonds. The first kappa shape index (κ1) is 19.4. The van der Waals surface area contributed by atoms with E-state index in [-0.39, 0.29) is 17.5 Å². The number of anilines is 1. The van der Waals surface area contributed by atoms with E-state index in [9.17, 15) is 8.42 Å². The standard InChI is InChI=1S/C18H24N4O4S/c1-4-25-15-7-5-6-8-16(15)27(23,24)22-10-9-14(13-22)26-18-12-19-11-17(20-18)21(2)3/h5-8,11-12,14H,4,9-10,13H2,1-3H3. The molecule has 2 heterocycles. The summed E-state index contributed by atoms with van der Waals surface area (Å²) in [5, 5.41) is 0. The summed E-state index contributed by atoms with van der Waals surface area (Å²) in [5.74, 6) is 1.44. The van der Waals surface area contributed by atoms with Crippen LogP contribution in [0.25, 0.3) is 0 Å². The zero-order valence-electron chi connectivity index (χ0n) is 15.7. The van der Waals surface area contributed by atoms with Gasteiger partial charge in [0.15, 0.2) is 5.82 Å². The summed E-state index contributed by atoms with van der Waals surface area (Å²) in [4.78, 5) is 10.5. The molecule has 1 aromatic carbocycles. The predicted molar refractivity (Wildman–Crippen MR) is 102 cm³/mol. The molecule has 8 nitrogen and oxygen atoms in total. The molecule has 9 heteroatoms. The molecule has 0 spiro atoms. The van der Waals surface area contributed by atoms with Crippen LogP contribution in [0.3, 0.4) is 0 Å². The highest BCUT2D eigenvalue weighted by atomic mass is 32.2. The van der Waals surface area contributed by atoms with Gasteiger partial charge in [0.05, 0.1) is 25.5 Å². The summed E-state index contributed by atoms with van der Waals surface area (Å²) in [5.41, 5.74) is 0. The monoisotopic (exact) mass is 392 g/mol. The molecular formula is C18H24N4O4S. The number of sulfonamides is 1. The van der Waals surface area contributed by atoms with E-state index in [1.165, 1.54) is 10.5 Å². The van der Waals surface area contributed by atoms with Crippen molar-refractivity contribution in [3.8, 4) is 11.6 Å². The van der Waals surface area contributed by atoms with E-state index < -0.39 is 10.0 Å². The van der Waals surface area contributed by atoms with E-state index in [2.05, 4.69) is 9.97 Å². The molecule has 0 bridgehead atoms. The lowest BCUT2D eigenvalue weighted by Crippen LogP contribution is -2.31. The van der Waals surface area contributed by atoms with Crippen LogP contribution in [0.4, 0.5) is 5.82 Å². The van der Waals surface area contributed by atoms with Crippen LogP contribution in [0, 0.1) is 0 Å². The Labute approximate surface area is 159 Å². The Kier molecular flexibility index (Phi) is 5.81. The first-order chi connectivity index (χ1) is 12.9. The smallest absolute Gasteiger partial charge is 0.246 e. The lowest BCUT2D eigenvalue weighted by Gasteiger charge is -2.19. The maximum Gasteiger partial charge on any atom is 0.246 e. The van der Waals surface area contributed by atoms with Crippen molar-refractivity contribution in [2.45, 2.75) is 24.3 Å². The SMILES string of the molecule is CCOc1ccccc1S(=O)(=O)N1CCC(Oc2cncc(N(C)C)n2)C1. The summed E-state index contributed by atoms with van der Waals surface area (Å²) in [6.07, 6.45) is 3.49. The van der Waals surface area contributed by atoms with Gasteiger partial charge in [-0.1, -0.05) is 12.1 Å². The molecule has 1 atom stereocenters. The summed E-state index contributed by atoms with van der Waals surface area (Å²) >= 11 is 0. The Bertz CT molecular complexity index is 888.